The van der Waals surface area contributed by atoms with Crippen LogP contribution in [0, 0.1) is 11.7 Å². The Morgan fingerprint density at radius 2 is 1.61 bits per heavy atom. The first-order chi connectivity index (χ1) is 15.0. The minimum Gasteiger partial charge on any atom is -0.371 e. The van der Waals surface area contributed by atoms with Crippen molar-refractivity contribution in [3.8, 4) is 0 Å². The number of likely N-dealkylation sites (tertiary alicyclic amines) is 1. The van der Waals surface area contributed by atoms with E-state index in [4.69, 9.17) is 0 Å². The third-order valence-electron chi connectivity index (χ3n) is 6.36. The standard InChI is InChI=1S/C25H30FN3O2/c1-18-11-15-29(16-12-18)25(31)22-17-21(9-10-23(22)28-13-3-2-4-14-28)27-24(30)19-5-7-20(26)8-6-19/h5-10,17-18H,2-4,11-16H2,1H3,(H,27,30). The molecular formula is C25H30FN3O2. The predicted molar refractivity (Wildman–Crippen MR) is 121 cm³/mol. The molecule has 2 aliphatic rings. The van der Waals surface area contributed by atoms with Crippen LogP contribution in [0.4, 0.5) is 15.8 Å². The van der Waals surface area contributed by atoms with Crippen molar-refractivity contribution in [3.05, 3.63) is 59.4 Å². The molecule has 0 aromatic heterocycles. The van der Waals surface area contributed by atoms with E-state index < -0.39 is 0 Å². The van der Waals surface area contributed by atoms with E-state index in [2.05, 4.69) is 17.1 Å². The molecule has 31 heavy (non-hydrogen) atoms. The van der Waals surface area contributed by atoms with Crippen LogP contribution in [0.3, 0.4) is 0 Å². The SMILES string of the molecule is CC1CCN(C(=O)c2cc(NC(=O)c3ccc(F)cc3)ccc2N2CCCCC2)CC1. The van der Waals surface area contributed by atoms with E-state index in [0.29, 0.717) is 22.7 Å². The topological polar surface area (TPSA) is 52.7 Å². The van der Waals surface area contributed by atoms with Crippen molar-refractivity contribution in [1.29, 1.82) is 0 Å². The number of anilines is 2. The number of piperidine rings is 2. The fraction of sp³-hybridized carbons (Fsp3) is 0.440. The Morgan fingerprint density at radius 1 is 0.935 bits per heavy atom. The van der Waals surface area contributed by atoms with E-state index in [0.717, 1.165) is 57.5 Å². The maximum Gasteiger partial charge on any atom is 0.256 e. The average molecular weight is 424 g/mol. The highest BCUT2D eigenvalue weighted by Gasteiger charge is 2.26. The van der Waals surface area contributed by atoms with Crippen LogP contribution in [-0.2, 0) is 0 Å². The van der Waals surface area contributed by atoms with E-state index in [-0.39, 0.29) is 17.6 Å². The highest BCUT2D eigenvalue weighted by Crippen LogP contribution is 2.30. The van der Waals surface area contributed by atoms with Gasteiger partial charge < -0.3 is 15.1 Å². The molecule has 0 aliphatic carbocycles. The summed E-state index contributed by atoms with van der Waals surface area (Å²) in [5.74, 6) is -0.0283. The molecule has 0 atom stereocenters. The average Bonchev–Trinajstić information content (AvgIpc) is 2.80. The summed E-state index contributed by atoms with van der Waals surface area (Å²) in [6, 6.07) is 11.0. The molecule has 164 valence electrons. The molecule has 2 heterocycles. The lowest BCUT2D eigenvalue weighted by atomic mass is 9.98. The smallest absolute Gasteiger partial charge is 0.256 e. The van der Waals surface area contributed by atoms with Gasteiger partial charge in [-0.1, -0.05) is 6.92 Å². The first-order valence-corrected chi connectivity index (χ1v) is 11.3. The van der Waals surface area contributed by atoms with Gasteiger partial charge in [-0.05, 0) is 80.5 Å². The molecule has 2 aromatic carbocycles. The van der Waals surface area contributed by atoms with Gasteiger partial charge in [0.2, 0.25) is 0 Å². The summed E-state index contributed by atoms with van der Waals surface area (Å²) in [7, 11) is 0. The fourth-order valence-electron chi connectivity index (χ4n) is 4.38. The van der Waals surface area contributed by atoms with Crippen molar-refractivity contribution in [2.24, 2.45) is 5.92 Å². The Balaban J connectivity index is 1.60. The van der Waals surface area contributed by atoms with Crippen LogP contribution in [-0.4, -0.2) is 42.9 Å². The van der Waals surface area contributed by atoms with Crippen LogP contribution in [0.15, 0.2) is 42.5 Å². The first kappa shape index (κ1) is 21.3. The second-order valence-corrected chi connectivity index (χ2v) is 8.72. The van der Waals surface area contributed by atoms with Crippen molar-refractivity contribution < 1.29 is 14.0 Å². The van der Waals surface area contributed by atoms with Crippen LogP contribution in [0.2, 0.25) is 0 Å². The molecule has 2 aliphatic heterocycles. The fourth-order valence-corrected chi connectivity index (χ4v) is 4.38. The summed E-state index contributed by atoms with van der Waals surface area (Å²) in [6.07, 6.45) is 5.50. The van der Waals surface area contributed by atoms with Crippen molar-refractivity contribution in [2.45, 2.75) is 39.0 Å². The number of carbonyl (C=O) groups excluding carboxylic acids is 2. The van der Waals surface area contributed by atoms with Crippen molar-refractivity contribution in [2.75, 3.05) is 36.4 Å². The third kappa shape index (κ3) is 5.06. The number of halogens is 1. The Kier molecular flexibility index (Phi) is 6.54. The van der Waals surface area contributed by atoms with Crippen molar-refractivity contribution >= 4 is 23.2 Å². The van der Waals surface area contributed by atoms with E-state index in [1.165, 1.54) is 30.7 Å². The molecule has 1 N–H and O–H groups in total. The molecule has 2 aromatic rings. The van der Waals surface area contributed by atoms with E-state index in [1.807, 2.05) is 17.0 Å². The van der Waals surface area contributed by atoms with Gasteiger partial charge in [0.15, 0.2) is 0 Å². The summed E-state index contributed by atoms with van der Waals surface area (Å²) < 4.78 is 13.2. The lowest BCUT2D eigenvalue weighted by molar-refractivity contribution is 0.0697. The number of nitrogens with zero attached hydrogens (tertiary/aromatic N) is 2. The maximum absolute atomic E-state index is 13.5. The third-order valence-corrected chi connectivity index (χ3v) is 6.36. The van der Waals surface area contributed by atoms with Gasteiger partial charge in [0.25, 0.3) is 11.8 Å². The zero-order valence-corrected chi connectivity index (χ0v) is 18.1. The zero-order chi connectivity index (χ0) is 21.8. The highest BCUT2D eigenvalue weighted by atomic mass is 19.1. The summed E-state index contributed by atoms with van der Waals surface area (Å²) in [5, 5.41) is 2.86. The number of nitrogens with one attached hydrogen (secondary N) is 1. The number of amides is 2. The lowest BCUT2D eigenvalue weighted by Crippen LogP contribution is -2.39. The number of hydrogen-bond acceptors (Lipinski definition) is 3. The van der Waals surface area contributed by atoms with Crippen LogP contribution in [0.5, 0.6) is 0 Å². The predicted octanol–water partition coefficient (Wildman–Crippen LogP) is 4.94. The molecule has 5 nitrogen and oxygen atoms in total. The van der Waals surface area contributed by atoms with Crippen LogP contribution in [0.1, 0.15) is 59.7 Å². The van der Waals surface area contributed by atoms with Gasteiger partial charge in [0.1, 0.15) is 5.82 Å². The molecule has 0 saturated carbocycles. The number of carbonyl (C=O) groups is 2. The zero-order valence-electron chi connectivity index (χ0n) is 18.1. The summed E-state index contributed by atoms with van der Waals surface area (Å²) in [4.78, 5) is 30.3. The van der Waals surface area contributed by atoms with Crippen molar-refractivity contribution in [1.82, 2.24) is 4.90 Å². The number of rotatable bonds is 4. The largest absolute Gasteiger partial charge is 0.371 e. The molecule has 2 amide bonds. The van der Waals surface area contributed by atoms with Crippen LogP contribution < -0.4 is 10.2 Å². The number of hydrogen-bond donors (Lipinski definition) is 1. The molecular weight excluding hydrogens is 393 g/mol. The van der Waals surface area contributed by atoms with E-state index in [9.17, 15) is 14.0 Å². The summed E-state index contributed by atoms with van der Waals surface area (Å²) >= 11 is 0. The molecule has 0 spiro atoms. The first-order valence-electron chi connectivity index (χ1n) is 11.3. The number of benzene rings is 2. The van der Waals surface area contributed by atoms with Gasteiger partial charge in [0, 0.05) is 43.1 Å². The lowest BCUT2D eigenvalue weighted by Gasteiger charge is -2.34. The quantitative estimate of drug-likeness (QED) is 0.758. The normalized spacial score (nSPS) is 17.5. The summed E-state index contributed by atoms with van der Waals surface area (Å²) in [5.41, 5.74) is 2.54. The Bertz CT molecular complexity index is 930. The molecule has 4 rings (SSSR count). The minimum absolute atomic E-state index is 0.0327. The molecule has 0 radical (unpaired) electrons. The Morgan fingerprint density at radius 3 is 2.29 bits per heavy atom. The van der Waals surface area contributed by atoms with Crippen molar-refractivity contribution in [3.63, 3.8) is 0 Å². The Labute approximate surface area is 183 Å². The van der Waals surface area contributed by atoms with Crippen LogP contribution in [0.25, 0.3) is 0 Å². The molecule has 0 unspecified atom stereocenters. The molecule has 2 saturated heterocycles. The van der Waals surface area contributed by atoms with Crippen LogP contribution >= 0.6 is 0 Å². The molecule has 6 heteroatoms. The minimum atomic E-state index is -0.383. The van der Waals surface area contributed by atoms with Gasteiger partial charge in [-0.15, -0.1) is 0 Å². The monoisotopic (exact) mass is 423 g/mol. The van der Waals surface area contributed by atoms with Gasteiger partial charge in [0.05, 0.1) is 5.56 Å². The van der Waals surface area contributed by atoms with Gasteiger partial charge >= 0.3 is 0 Å². The van der Waals surface area contributed by atoms with Gasteiger partial charge in [-0.3, -0.25) is 9.59 Å². The molecule has 2 fully saturated rings. The summed E-state index contributed by atoms with van der Waals surface area (Å²) in [6.45, 7) is 5.65. The van der Waals surface area contributed by atoms with E-state index in [1.54, 1.807) is 6.07 Å². The second kappa shape index (κ2) is 9.50. The van der Waals surface area contributed by atoms with E-state index >= 15 is 0 Å². The Hall–Kier alpha value is -2.89. The second-order valence-electron chi connectivity index (χ2n) is 8.72. The molecule has 0 bridgehead atoms. The maximum atomic E-state index is 13.5. The van der Waals surface area contributed by atoms with Gasteiger partial charge in [-0.2, -0.15) is 0 Å². The van der Waals surface area contributed by atoms with Gasteiger partial charge in [-0.25, -0.2) is 4.39 Å². The highest BCUT2D eigenvalue weighted by molar-refractivity contribution is 6.06.